The zero-order valence-corrected chi connectivity index (χ0v) is 16.2. The smallest absolute Gasteiger partial charge is 0.338 e. The number of aromatic nitrogens is 1. The number of hydrogen-bond donors (Lipinski definition) is 2. The summed E-state index contributed by atoms with van der Waals surface area (Å²) in [7, 11) is 0. The van der Waals surface area contributed by atoms with E-state index in [9.17, 15) is 9.59 Å². The second-order valence-corrected chi connectivity index (χ2v) is 7.01. The van der Waals surface area contributed by atoms with E-state index in [1.54, 1.807) is 49.5 Å². The maximum absolute atomic E-state index is 12.6. The summed E-state index contributed by atoms with van der Waals surface area (Å²) in [6.45, 7) is 2.12. The highest BCUT2D eigenvalue weighted by Crippen LogP contribution is 2.19. The predicted molar refractivity (Wildman–Crippen MR) is 109 cm³/mol. The Morgan fingerprint density at radius 2 is 1.75 bits per heavy atom. The average molecular weight is 381 g/mol. The molecule has 3 rings (SSSR count). The molecule has 0 bridgehead atoms. The van der Waals surface area contributed by atoms with E-state index in [1.165, 1.54) is 25.7 Å². The summed E-state index contributed by atoms with van der Waals surface area (Å²) in [4.78, 5) is 28.6. The number of esters is 1. The maximum Gasteiger partial charge on any atom is 0.338 e. The molecule has 0 radical (unpaired) electrons. The van der Waals surface area contributed by atoms with Crippen LogP contribution in [0.4, 0.5) is 11.5 Å². The number of ether oxygens (including phenoxy) is 1. The number of rotatable bonds is 6. The van der Waals surface area contributed by atoms with Gasteiger partial charge in [-0.25, -0.2) is 9.78 Å². The van der Waals surface area contributed by atoms with Gasteiger partial charge in [0.2, 0.25) is 0 Å². The summed E-state index contributed by atoms with van der Waals surface area (Å²) in [5.74, 6) is 0.178. The van der Waals surface area contributed by atoms with Gasteiger partial charge in [-0.1, -0.05) is 25.7 Å². The molecule has 0 unspecified atom stereocenters. The van der Waals surface area contributed by atoms with E-state index < -0.39 is 0 Å². The third-order valence-electron chi connectivity index (χ3n) is 4.88. The third-order valence-corrected chi connectivity index (χ3v) is 4.88. The summed E-state index contributed by atoms with van der Waals surface area (Å²) in [6.07, 6.45) is 8.59. The molecule has 6 nitrogen and oxygen atoms in total. The number of amides is 1. The van der Waals surface area contributed by atoms with Crippen LogP contribution in [0.25, 0.3) is 0 Å². The summed E-state index contributed by atoms with van der Waals surface area (Å²) in [5, 5.41) is 6.32. The van der Waals surface area contributed by atoms with Crippen LogP contribution in [0.15, 0.2) is 42.6 Å². The Labute approximate surface area is 165 Å². The van der Waals surface area contributed by atoms with Crippen molar-refractivity contribution in [2.45, 2.75) is 51.5 Å². The average Bonchev–Trinajstić information content (AvgIpc) is 2.97. The molecule has 2 aromatic rings. The lowest BCUT2D eigenvalue weighted by Gasteiger charge is -2.16. The van der Waals surface area contributed by atoms with Crippen molar-refractivity contribution in [1.29, 1.82) is 0 Å². The Balaban J connectivity index is 1.62. The first-order valence-corrected chi connectivity index (χ1v) is 9.97. The van der Waals surface area contributed by atoms with Crippen LogP contribution in [0.1, 0.15) is 66.2 Å². The molecule has 1 aliphatic rings. The molecule has 2 N–H and O–H groups in total. The zero-order valence-electron chi connectivity index (χ0n) is 16.2. The van der Waals surface area contributed by atoms with Gasteiger partial charge in [-0.2, -0.15) is 0 Å². The molecule has 1 heterocycles. The van der Waals surface area contributed by atoms with Gasteiger partial charge in [0.25, 0.3) is 5.91 Å². The van der Waals surface area contributed by atoms with E-state index in [0.717, 1.165) is 18.5 Å². The maximum atomic E-state index is 12.6. The zero-order chi connectivity index (χ0) is 19.8. The highest BCUT2D eigenvalue weighted by atomic mass is 16.5. The van der Waals surface area contributed by atoms with Gasteiger partial charge < -0.3 is 15.4 Å². The van der Waals surface area contributed by atoms with E-state index in [1.807, 2.05) is 0 Å². The van der Waals surface area contributed by atoms with Gasteiger partial charge in [-0.15, -0.1) is 0 Å². The third kappa shape index (κ3) is 5.55. The molecule has 148 valence electrons. The molecular weight excluding hydrogens is 354 g/mol. The lowest BCUT2D eigenvalue weighted by atomic mass is 10.1. The Morgan fingerprint density at radius 1 is 1.04 bits per heavy atom. The molecule has 1 fully saturated rings. The molecule has 1 aromatic heterocycles. The van der Waals surface area contributed by atoms with E-state index in [2.05, 4.69) is 15.6 Å². The van der Waals surface area contributed by atoms with Crippen molar-refractivity contribution in [1.82, 2.24) is 10.3 Å². The first-order valence-electron chi connectivity index (χ1n) is 9.97. The van der Waals surface area contributed by atoms with Gasteiger partial charge in [-0.3, -0.25) is 4.79 Å². The van der Waals surface area contributed by atoms with Crippen molar-refractivity contribution in [2.24, 2.45) is 0 Å². The normalized spacial score (nSPS) is 14.8. The molecule has 1 aliphatic carbocycles. The van der Waals surface area contributed by atoms with Crippen LogP contribution >= 0.6 is 0 Å². The summed E-state index contributed by atoms with van der Waals surface area (Å²) in [5.41, 5.74) is 1.86. The number of benzene rings is 1. The fraction of sp³-hybridized carbons (Fsp3) is 0.409. The van der Waals surface area contributed by atoms with Crippen molar-refractivity contribution in [3.05, 3.63) is 53.7 Å². The van der Waals surface area contributed by atoms with Gasteiger partial charge in [0.05, 0.1) is 12.2 Å². The van der Waals surface area contributed by atoms with Crippen molar-refractivity contribution < 1.29 is 14.3 Å². The molecule has 6 heteroatoms. The SMILES string of the molecule is CCOC(=O)c1ccc(Nc2cc(C(=O)NC3CCCCCC3)ccn2)cc1. The Morgan fingerprint density at radius 3 is 2.43 bits per heavy atom. The molecular formula is C22H27N3O3. The second-order valence-electron chi connectivity index (χ2n) is 7.01. The molecule has 0 aliphatic heterocycles. The summed E-state index contributed by atoms with van der Waals surface area (Å²) >= 11 is 0. The van der Waals surface area contributed by atoms with Gasteiger partial charge in [0.15, 0.2) is 0 Å². The standard InChI is InChI=1S/C22H27N3O3/c1-2-28-22(27)16-9-11-19(12-10-16)24-20-15-17(13-14-23-20)21(26)25-18-7-5-3-4-6-8-18/h9-15,18H,2-8H2,1H3,(H,23,24)(H,25,26). The molecule has 28 heavy (non-hydrogen) atoms. The molecule has 0 atom stereocenters. The Hall–Kier alpha value is -2.89. The number of nitrogens with one attached hydrogen (secondary N) is 2. The highest BCUT2D eigenvalue weighted by molar-refractivity contribution is 5.95. The molecule has 1 saturated carbocycles. The van der Waals surface area contributed by atoms with Crippen LogP contribution in [-0.2, 0) is 4.74 Å². The van der Waals surface area contributed by atoms with Gasteiger partial charge in [-0.05, 0) is 56.2 Å². The van der Waals surface area contributed by atoms with Crippen molar-refractivity contribution in [3.8, 4) is 0 Å². The van der Waals surface area contributed by atoms with Gasteiger partial charge in [0.1, 0.15) is 5.82 Å². The van der Waals surface area contributed by atoms with Crippen LogP contribution in [-0.4, -0.2) is 29.5 Å². The molecule has 1 aromatic carbocycles. The number of carbonyl (C=O) groups excluding carboxylic acids is 2. The number of pyridine rings is 1. The van der Waals surface area contributed by atoms with Crippen LogP contribution in [0, 0.1) is 0 Å². The van der Waals surface area contributed by atoms with Crippen LogP contribution in [0.2, 0.25) is 0 Å². The van der Waals surface area contributed by atoms with E-state index in [-0.39, 0.29) is 17.9 Å². The van der Waals surface area contributed by atoms with Crippen LogP contribution < -0.4 is 10.6 Å². The molecule has 0 spiro atoms. The van der Waals surface area contributed by atoms with E-state index in [0.29, 0.717) is 23.6 Å². The first kappa shape index (κ1) is 19.9. The number of carbonyl (C=O) groups is 2. The monoisotopic (exact) mass is 381 g/mol. The quantitative estimate of drug-likeness (QED) is 0.571. The highest BCUT2D eigenvalue weighted by Gasteiger charge is 2.16. The topological polar surface area (TPSA) is 80.3 Å². The minimum atomic E-state index is -0.343. The van der Waals surface area contributed by atoms with Crippen molar-refractivity contribution in [2.75, 3.05) is 11.9 Å². The van der Waals surface area contributed by atoms with E-state index >= 15 is 0 Å². The lowest BCUT2D eigenvalue weighted by Crippen LogP contribution is -2.34. The van der Waals surface area contributed by atoms with Crippen LogP contribution in [0.5, 0.6) is 0 Å². The van der Waals surface area contributed by atoms with Crippen molar-refractivity contribution in [3.63, 3.8) is 0 Å². The number of nitrogens with zero attached hydrogens (tertiary/aromatic N) is 1. The predicted octanol–water partition coefficient (Wildman–Crippen LogP) is 4.45. The minimum Gasteiger partial charge on any atom is -0.462 e. The summed E-state index contributed by atoms with van der Waals surface area (Å²) < 4.78 is 4.98. The fourth-order valence-electron chi connectivity index (χ4n) is 3.38. The first-order chi connectivity index (χ1) is 13.7. The minimum absolute atomic E-state index is 0.0602. The van der Waals surface area contributed by atoms with Gasteiger partial charge >= 0.3 is 5.97 Å². The molecule has 1 amide bonds. The van der Waals surface area contributed by atoms with Gasteiger partial charge in [0, 0.05) is 23.5 Å². The van der Waals surface area contributed by atoms with E-state index in [4.69, 9.17) is 4.74 Å². The van der Waals surface area contributed by atoms with Crippen LogP contribution in [0.3, 0.4) is 0 Å². The molecule has 0 saturated heterocycles. The summed E-state index contributed by atoms with van der Waals surface area (Å²) in [6, 6.07) is 10.7. The second kappa shape index (κ2) is 9.88. The largest absolute Gasteiger partial charge is 0.462 e. The Bertz CT molecular complexity index is 797. The fourth-order valence-corrected chi connectivity index (χ4v) is 3.38. The Kier molecular flexibility index (Phi) is 7.00. The number of hydrogen-bond acceptors (Lipinski definition) is 5. The lowest BCUT2D eigenvalue weighted by molar-refractivity contribution is 0.0526. The number of anilines is 2. The van der Waals surface area contributed by atoms with Crippen molar-refractivity contribution >= 4 is 23.4 Å².